The topological polar surface area (TPSA) is 72.2 Å². The molecule has 0 aromatic heterocycles. The van der Waals surface area contributed by atoms with Gasteiger partial charge >= 0.3 is 0 Å². The van der Waals surface area contributed by atoms with E-state index in [1.807, 2.05) is 0 Å². The zero-order valence-corrected chi connectivity index (χ0v) is 9.37. The quantitative estimate of drug-likeness (QED) is 0.726. The van der Waals surface area contributed by atoms with E-state index in [2.05, 4.69) is 5.32 Å². The van der Waals surface area contributed by atoms with E-state index in [9.17, 15) is 9.59 Å². The third kappa shape index (κ3) is 1.35. The lowest BCUT2D eigenvalue weighted by molar-refractivity contribution is -0.126. The molecule has 0 aliphatic heterocycles. The highest BCUT2D eigenvalue weighted by Crippen LogP contribution is 2.71. The summed E-state index contributed by atoms with van der Waals surface area (Å²) in [7, 11) is 0. The zero-order valence-electron chi connectivity index (χ0n) is 9.37. The van der Waals surface area contributed by atoms with E-state index in [1.54, 1.807) is 0 Å². The molecule has 3 saturated carbocycles. The third-order valence-corrected chi connectivity index (χ3v) is 4.89. The molecule has 3 fully saturated rings. The summed E-state index contributed by atoms with van der Waals surface area (Å²) in [6.45, 7) is -0.0144. The Hall–Kier alpha value is -1.06. The first-order chi connectivity index (χ1) is 7.62. The molecule has 4 unspecified atom stereocenters. The molecule has 2 amide bonds. The van der Waals surface area contributed by atoms with Crippen LogP contribution in [-0.2, 0) is 9.59 Å². The first-order valence-corrected chi connectivity index (χ1v) is 6.18. The van der Waals surface area contributed by atoms with Gasteiger partial charge in [0.25, 0.3) is 0 Å². The number of amides is 2. The molecule has 3 N–H and O–H groups in total. The first-order valence-electron chi connectivity index (χ1n) is 6.18. The van der Waals surface area contributed by atoms with Crippen molar-refractivity contribution in [2.75, 3.05) is 6.54 Å². The van der Waals surface area contributed by atoms with Crippen molar-refractivity contribution in [2.24, 2.45) is 28.9 Å². The minimum absolute atomic E-state index is 0.0144. The van der Waals surface area contributed by atoms with Crippen molar-refractivity contribution >= 4 is 11.8 Å². The lowest BCUT2D eigenvalue weighted by Gasteiger charge is -2.22. The molecule has 2 bridgehead atoms. The molecule has 3 rings (SSSR count). The van der Waals surface area contributed by atoms with E-state index in [0.717, 1.165) is 18.3 Å². The van der Waals surface area contributed by atoms with Gasteiger partial charge in [-0.3, -0.25) is 9.59 Å². The Morgan fingerprint density at radius 2 is 2.12 bits per heavy atom. The Labute approximate surface area is 94.9 Å². The van der Waals surface area contributed by atoms with Gasteiger partial charge in [0.2, 0.25) is 11.8 Å². The van der Waals surface area contributed by atoms with Crippen LogP contribution in [-0.4, -0.2) is 18.4 Å². The minimum atomic E-state index is -0.462. The van der Waals surface area contributed by atoms with Crippen LogP contribution in [0.4, 0.5) is 0 Å². The van der Waals surface area contributed by atoms with Crippen molar-refractivity contribution in [3.63, 3.8) is 0 Å². The standard InChI is InChI=1S/C12H18N2O2/c13-10(15)6-14-11(16)9-5-12(9)4-7-1-2-8(12)3-7/h7-9H,1-6H2,(H2,13,15)(H,14,16). The molecule has 88 valence electrons. The van der Waals surface area contributed by atoms with Crippen LogP contribution in [0.2, 0.25) is 0 Å². The van der Waals surface area contributed by atoms with Crippen molar-refractivity contribution in [2.45, 2.75) is 32.1 Å². The van der Waals surface area contributed by atoms with E-state index < -0.39 is 5.91 Å². The Balaban J connectivity index is 1.59. The Morgan fingerprint density at radius 1 is 1.31 bits per heavy atom. The SMILES string of the molecule is NC(=O)CNC(=O)C1CC12CC1CCC2C1. The Kier molecular flexibility index (Phi) is 2.03. The van der Waals surface area contributed by atoms with Crippen LogP contribution >= 0.6 is 0 Å². The number of rotatable bonds is 3. The molecule has 0 radical (unpaired) electrons. The fraction of sp³-hybridized carbons (Fsp3) is 0.833. The number of primary amides is 1. The van der Waals surface area contributed by atoms with Crippen molar-refractivity contribution < 1.29 is 9.59 Å². The summed E-state index contributed by atoms with van der Waals surface area (Å²) in [5, 5.41) is 2.64. The molecule has 1 spiro atoms. The maximum Gasteiger partial charge on any atom is 0.236 e. The van der Waals surface area contributed by atoms with Gasteiger partial charge in [-0.25, -0.2) is 0 Å². The summed E-state index contributed by atoms with van der Waals surface area (Å²) in [6, 6.07) is 0. The monoisotopic (exact) mass is 222 g/mol. The van der Waals surface area contributed by atoms with Crippen molar-refractivity contribution in [3.8, 4) is 0 Å². The highest BCUT2D eigenvalue weighted by atomic mass is 16.2. The maximum absolute atomic E-state index is 11.8. The third-order valence-electron chi connectivity index (χ3n) is 4.89. The zero-order chi connectivity index (χ0) is 11.3. The molecule has 0 aromatic rings. The minimum Gasteiger partial charge on any atom is -0.368 e. The first kappa shape index (κ1) is 10.1. The largest absolute Gasteiger partial charge is 0.368 e. The fourth-order valence-electron chi connectivity index (χ4n) is 4.14. The number of nitrogens with two attached hydrogens (primary N) is 1. The molecule has 0 aromatic carbocycles. The highest BCUT2D eigenvalue weighted by Gasteiger charge is 2.67. The summed E-state index contributed by atoms with van der Waals surface area (Å²) >= 11 is 0. The van der Waals surface area contributed by atoms with Gasteiger partial charge in [-0.1, -0.05) is 6.42 Å². The average molecular weight is 222 g/mol. The molecule has 16 heavy (non-hydrogen) atoms. The number of hydrogen-bond donors (Lipinski definition) is 2. The molecular weight excluding hydrogens is 204 g/mol. The number of nitrogens with one attached hydrogen (secondary N) is 1. The fourth-order valence-corrected chi connectivity index (χ4v) is 4.14. The summed E-state index contributed by atoms with van der Waals surface area (Å²) in [5.74, 6) is 1.41. The maximum atomic E-state index is 11.8. The van der Waals surface area contributed by atoms with E-state index in [0.29, 0.717) is 5.41 Å². The van der Waals surface area contributed by atoms with Crippen molar-refractivity contribution in [1.82, 2.24) is 5.32 Å². The lowest BCUT2D eigenvalue weighted by atomic mass is 9.83. The van der Waals surface area contributed by atoms with Crippen molar-refractivity contribution in [1.29, 1.82) is 0 Å². The van der Waals surface area contributed by atoms with Gasteiger partial charge < -0.3 is 11.1 Å². The lowest BCUT2D eigenvalue weighted by Crippen LogP contribution is -2.35. The summed E-state index contributed by atoms with van der Waals surface area (Å²) in [4.78, 5) is 22.4. The van der Waals surface area contributed by atoms with Crippen LogP contribution in [0.1, 0.15) is 32.1 Å². The van der Waals surface area contributed by atoms with Crippen LogP contribution in [0.3, 0.4) is 0 Å². The van der Waals surface area contributed by atoms with Gasteiger partial charge in [-0.2, -0.15) is 0 Å². The second-order valence-corrected chi connectivity index (χ2v) is 5.75. The molecule has 4 atom stereocenters. The van der Waals surface area contributed by atoms with Crippen molar-refractivity contribution in [3.05, 3.63) is 0 Å². The van der Waals surface area contributed by atoms with Gasteiger partial charge in [0.05, 0.1) is 6.54 Å². The van der Waals surface area contributed by atoms with E-state index in [4.69, 9.17) is 5.73 Å². The van der Waals surface area contributed by atoms with Crippen LogP contribution in [0.25, 0.3) is 0 Å². The highest BCUT2D eigenvalue weighted by molar-refractivity contribution is 5.87. The average Bonchev–Trinajstić information content (AvgIpc) is 2.62. The number of hydrogen-bond acceptors (Lipinski definition) is 2. The number of carbonyl (C=O) groups excluding carboxylic acids is 2. The van der Waals surface area contributed by atoms with Crippen LogP contribution in [0.15, 0.2) is 0 Å². The van der Waals surface area contributed by atoms with Gasteiger partial charge in [0.15, 0.2) is 0 Å². The second-order valence-electron chi connectivity index (χ2n) is 5.75. The van der Waals surface area contributed by atoms with Gasteiger partial charge in [-0.15, -0.1) is 0 Å². The van der Waals surface area contributed by atoms with Gasteiger partial charge in [0, 0.05) is 5.92 Å². The van der Waals surface area contributed by atoms with Gasteiger partial charge in [-0.05, 0) is 42.9 Å². The predicted molar refractivity (Wildman–Crippen MR) is 58.2 cm³/mol. The number of fused-ring (bicyclic) bond motifs is 3. The van der Waals surface area contributed by atoms with Crippen LogP contribution in [0, 0.1) is 23.2 Å². The molecule has 4 nitrogen and oxygen atoms in total. The van der Waals surface area contributed by atoms with E-state index in [-0.39, 0.29) is 18.4 Å². The summed E-state index contributed by atoms with van der Waals surface area (Å²) in [5.41, 5.74) is 5.34. The van der Waals surface area contributed by atoms with Gasteiger partial charge in [0.1, 0.15) is 0 Å². The molecule has 3 aliphatic rings. The molecule has 4 heteroatoms. The van der Waals surface area contributed by atoms with E-state index in [1.165, 1.54) is 25.7 Å². The van der Waals surface area contributed by atoms with E-state index >= 15 is 0 Å². The molecule has 0 saturated heterocycles. The van der Waals surface area contributed by atoms with Crippen LogP contribution < -0.4 is 11.1 Å². The Bertz CT molecular complexity index is 355. The van der Waals surface area contributed by atoms with Crippen LogP contribution in [0.5, 0.6) is 0 Å². The Morgan fingerprint density at radius 3 is 2.69 bits per heavy atom. The smallest absolute Gasteiger partial charge is 0.236 e. The molecule has 0 heterocycles. The predicted octanol–water partition coefficient (Wildman–Crippen LogP) is 0.414. The normalized spacial score (nSPS) is 43.6. The molecule has 3 aliphatic carbocycles. The number of carbonyl (C=O) groups is 2. The second kappa shape index (κ2) is 3.22. The molecular formula is C12H18N2O2. The summed E-state index contributed by atoms with van der Waals surface area (Å²) in [6.07, 6.45) is 6.29. The summed E-state index contributed by atoms with van der Waals surface area (Å²) < 4.78 is 0.